The van der Waals surface area contributed by atoms with Crippen LogP contribution in [0.5, 0.6) is 0 Å². The monoisotopic (exact) mass is 395 g/mol. The van der Waals surface area contributed by atoms with Crippen LogP contribution in [0.25, 0.3) is 0 Å². The van der Waals surface area contributed by atoms with Gasteiger partial charge in [-0.3, -0.25) is 10.7 Å². The van der Waals surface area contributed by atoms with Crippen LogP contribution in [0.1, 0.15) is 19.4 Å². The van der Waals surface area contributed by atoms with Crippen LogP contribution in [-0.4, -0.2) is 20.1 Å². The van der Waals surface area contributed by atoms with Gasteiger partial charge in [-0.15, -0.1) is 0 Å². The predicted octanol–water partition coefficient (Wildman–Crippen LogP) is 2.71. The Labute approximate surface area is 166 Å². The Kier molecular flexibility index (Phi) is 4.48. The van der Waals surface area contributed by atoms with E-state index in [2.05, 4.69) is 30.9 Å². The zero-order chi connectivity index (χ0) is 19.8. The second-order valence-corrected chi connectivity index (χ2v) is 8.31. The second kappa shape index (κ2) is 6.84. The Bertz CT molecular complexity index is 1030. The van der Waals surface area contributed by atoms with Gasteiger partial charge >= 0.3 is 5.69 Å². The SMILES string of the molecule is CC(C)(Nc1nc(NC2(N)Nc3ccccc3S2)nc(=O)[nH]1)c1ccccc1. The summed E-state index contributed by atoms with van der Waals surface area (Å²) in [7, 11) is 0. The number of thioether (sulfide) groups is 1. The third-order valence-corrected chi connectivity index (χ3v) is 5.45. The summed E-state index contributed by atoms with van der Waals surface area (Å²) in [4.78, 5) is 24.0. The van der Waals surface area contributed by atoms with E-state index in [0.717, 1.165) is 16.1 Å². The number of benzene rings is 2. The molecule has 0 bridgehead atoms. The normalized spacial score (nSPS) is 18.2. The van der Waals surface area contributed by atoms with E-state index in [0.29, 0.717) is 5.95 Å². The number of hydrogen-bond donors (Lipinski definition) is 5. The summed E-state index contributed by atoms with van der Waals surface area (Å²) in [6.07, 6.45) is 0. The van der Waals surface area contributed by atoms with Crippen LogP contribution in [0.2, 0.25) is 0 Å². The minimum Gasteiger partial charge on any atom is -0.347 e. The molecule has 6 N–H and O–H groups in total. The van der Waals surface area contributed by atoms with Gasteiger partial charge < -0.3 is 16.0 Å². The third kappa shape index (κ3) is 3.80. The molecular formula is C19H21N7OS. The molecule has 1 aromatic heterocycles. The average molecular weight is 395 g/mol. The molecule has 0 saturated carbocycles. The van der Waals surface area contributed by atoms with Crippen molar-refractivity contribution in [2.75, 3.05) is 16.0 Å². The molecule has 0 radical (unpaired) electrons. The Morgan fingerprint density at radius 3 is 2.54 bits per heavy atom. The fourth-order valence-electron chi connectivity index (χ4n) is 3.00. The van der Waals surface area contributed by atoms with Gasteiger partial charge in [-0.1, -0.05) is 54.2 Å². The zero-order valence-corrected chi connectivity index (χ0v) is 16.3. The Morgan fingerprint density at radius 2 is 1.79 bits per heavy atom. The Morgan fingerprint density at radius 1 is 1.07 bits per heavy atom. The summed E-state index contributed by atoms with van der Waals surface area (Å²) in [6, 6.07) is 17.7. The summed E-state index contributed by atoms with van der Waals surface area (Å²) < 4.78 is 0. The molecular weight excluding hydrogens is 374 g/mol. The fourth-order valence-corrected chi connectivity index (χ4v) is 4.03. The molecule has 1 unspecified atom stereocenters. The van der Waals surface area contributed by atoms with Crippen LogP contribution in [0, 0.1) is 0 Å². The molecule has 0 spiro atoms. The standard InChI is InChI=1S/C19H21N7OS/c1-18(2,12-8-4-3-5-9-12)25-15-21-16(23-17(27)22-15)26-19(20)24-13-10-6-7-11-14(13)28-19/h3-11,24H,20H2,1-2H3,(H3,21,22,23,25,26,27). The Hall–Kier alpha value is -3.04. The van der Waals surface area contributed by atoms with E-state index in [-0.39, 0.29) is 5.95 Å². The maximum atomic E-state index is 12.1. The summed E-state index contributed by atoms with van der Waals surface area (Å²) in [6.45, 7) is 4.01. The van der Waals surface area contributed by atoms with Crippen molar-refractivity contribution in [3.8, 4) is 0 Å². The van der Waals surface area contributed by atoms with Crippen LogP contribution in [0.15, 0.2) is 64.3 Å². The maximum Gasteiger partial charge on any atom is 0.350 e. The van der Waals surface area contributed by atoms with Crippen molar-refractivity contribution >= 4 is 29.3 Å². The van der Waals surface area contributed by atoms with Crippen LogP contribution in [0.4, 0.5) is 17.6 Å². The van der Waals surface area contributed by atoms with Crippen molar-refractivity contribution < 1.29 is 0 Å². The van der Waals surface area contributed by atoms with Crippen LogP contribution in [-0.2, 0) is 5.54 Å². The first-order valence-corrected chi connectivity index (χ1v) is 9.60. The molecule has 1 atom stereocenters. The third-order valence-electron chi connectivity index (χ3n) is 4.35. The highest BCUT2D eigenvalue weighted by molar-refractivity contribution is 8.01. The van der Waals surface area contributed by atoms with Crippen LogP contribution in [0.3, 0.4) is 0 Å². The zero-order valence-electron chi connectivity index (χ0n) is 15.5. The molecule has 8 nitrogen and oxygen atoms in total. The van der Waals surface area contributed by atoms with Gasteiger partial charge in [0.25, 0.3) is 0 Å². The number of nitrogens with two attached hydrogens (primary N) is 1. The van der Waals surface area contributed by atoms with Crippen LogP contribution >= 0.6 is 11.8 Å². The van der Waals surface area contributed by atoms with Gasteiger partial charge in [0.2, 0.25) is 17.0 Å². The number of para-hydroxylation sites is 1. The summed E-state index contributed by atoms with van der Waals surface area (Å²) in [5, 5.41) is 8.41. The second-order valence-electron chi connectivity index (χ2n) is 7.03. The highest BCUT2D eigenvalue weighted by Crippen LogP contribution is 2.42. The molecule has 144 valence electrons. The molecule has 0 fully saturated rings. The molecule has 0 aliphatic carbocycles. The lowest BCUT2D eigenvalue weighted by Crippen LogP contribution is -2.50. The molecule has 3 aromatic rings. The van der Waals surface area contributed by atoms with Crippen molar-refractivity contribution in [2.45, 2.75) is 29.4 Å². The van der Waals surface area contributed by atoms with Gasteiger partial charge in [-0.2, -0.15) is 9.97 Å². The van der Waals surface area contributed by atoms with Crippen molar-refractivity contribution in [1.82, 2.24) is 15.0 Å². The highest BCUT2D eigenvalue weighted by atomic mass is 32.2. The molecule has 28 heavy (non-hydrogen) atoms. The van der Waals surface area contributed by atoms with E-state index in [1.54, 1.807) is 0 Å². The molecule has 4 rings (SSSR count). The van der Waals surface area contributed by atoms with E-state index < -0.39 is 16.3 Å². The topological polar surface area (TPSA) is 121 Å². The minimum absolute atomic E-state index is 0.130. The molecule has 0 saturated heterocycles. The highest BCUT2D eigenvalue weighted by Gasteiger charge is 2.35. The van der Waals surface area contributed by atoms with Crippen molar-refractivity contribution in [3.05, 3.63) is 70.6 Å². The number of fused-ring (bicyclic) bond motifs is 1. The van der Waals surface area contributed by atoms with Gasteiger partial charge in [-0.25, -0.2) is 4.79 Å². The summed E-state index contributed by atoms with van der Waals surface area (Å²) >= 11 is 1.40. The maximum absolute atomic E-state index is 12.1. The number of nitrogens with zero attached hydrogens (tertiary/aromatic N) is 2. The smallest absolute Gasteiger partial charge is 0.347 e. The lowest BCUT2D eigenvalue weighted by Gasteiger charge is -2.28. The van der Waals surface area contributed by atoms with Crippen molar-refractivity contribution in [1.29, 1.82) is 0 Å². The molecule has 9 heteroatoms. The minimum atomic E-state index is -1.05. The number of nitrogens with one attached hydrogen (secondary N) is 4. The number of aromatic amines is 1. The van der Waals surface area contributed by atoms with E-state index >= 15 is 0 Å². The number of rotatable bonds is 5. The molecule has 2 heterocycles. The molecule has 1 aliphatic heterocycles. The lowest BCUT2D eigenvalue weighted by atomic mass is 9.95. The fraction of sp³-hybridized carbons (Fsp3) is 0.211. The first kappa shape index (κ1) is 18.3. The van der Waals surface area contributed by atoms with Crippen molar-refractivity contribution in [2.24, 2.45) is 5.73 Å². The predicted molar refractivity (Wildman–Crippen MR) is 112 cm³/mol. The van der Waals surface area contributed by atoms with Gasteiger partial charge in [0.05, 0.1) is 11.2 Å². The Balaban J connectivity index is 1.56. The van der Waals surface area contributed by atoms with Crippen molar-refractivity contribution in [3.63, 3.8) is 0 Å². The lowest BCUT2D eigenvalue weighted by molar-refractivity contribution is 0.600. The van der Waals surface area contributed by atoms with E-state index in [1.165, 1.54) is 11.8 Å². The number of aromatic nitrogens is 3. The van der Waals surface area contributed by atoms with Crippen LogP contribution < -0.4 is 27.4 Å². The van der Waals surface area contributed by atoms with E-state index in [4.69, 9.17) is 5.73 Å². The number of hydrogen-bond acceptors (Lipinski definition) is 8. The first-order chi connectivity index (χ1) is 13.3. The van der Waals surface area contributed by atoms with Gasteiger partial charge in [0, 0.05) is 4.90 Å². The number of anilines is 3. The average Bonchev–Trinajstić information content (AvgIpc) is 2.97. The molecule has 2 aromatic carbocycles. The van der Waals surface area contributed by atoms with Gasteiger partial charge in [0.15, 0.2) is 0 Å². The quantitative estimate of drug-likeness (QED) is 0.418. The summed E-state index contributed by atoms with van der Waals surface area (Å²) in [5.74, 6) is 0.436. The summed E-state index contributed by atoms with van der Waals surface area (Å²) in [5.41, 5.74) is 7.39. The molecule has 1 aliphatic rings. The largest absolute Gasteiger partial charge is 0.350 e. The van der Waals surface area contributed by atoms with Gasteiger partial charge in [0.1, 0.15) is 0 Å². The van der Waals surface area contributed by atoms with Gasteiger partial charge in [-0.05, 0) is 31.5 Å². The van der Waals surface area contributed by atoms with E-state index in [1.807, 2.05) is 68.4 Å². The van der Waals surface area contributed by atoms with E-state index in [9.17, 15) is 4.79 Å². The molecule has 0 amide bonds. The number of H-pyrrole nitrogens is 1. The first-order valence-electron chi connectivity index (χ1n) is 8.78.